The molecule has 4 nitrogen and oxygen atoms in total. The number of carbonyl (C=O) groups is 1. The first-order chi connectivity index (χ1) is 10.2. The number of halogens is 1. The Kier molecular flexibility index (Phi) is 5.75. The maximum atomic E-state index is 12.9. The number of hydrogen-bond acceptors (Lipinski definition) is 4. The van der Waals surface area contributed by atoms with Gasteiger partial charge in [0.15, 0.2) is 0 Å². The van der Waals surface area contributed by atoms with E-state index in [4.69, 9.17) is 4.74 Å². The molecule has 0 spiro atoms. The average molecular weight is 292 g/mol. The molecule has 0 unspecified atom stereocenters. The number of nitrogens with zero attached hydrogens (tertiary/aromatic N) is 2. The van der Waals surface area contributed by atoms with Gasteiger partial charge in [0, 0.05) is 44.5 Å². The van der Waals surface area contributed by atoms with Crippen molar-refractivity contribution in [2.24, 2.45) is 0 Å². The number of esters is 1. The molecular weight excluding hydrogens is 271 g/mol. The number of anilines is 1. The fraction of sp³-hybridized carbons (Fsp3) is 0.438. The maximum absolute atomic E-state index is 12.9. The summed E-state index contributed by atoms with van der Waals surface area (Å²) in [5.74, 6) is -0.496. The Balaban J connectivity index is 1.75. The molecule has 1 heterocycles. The number of benzene rings is 1. The average Bonchev–Trinajstić information content (AvgIpc) is 2.49. The molecule has 5 heteroatoms. The number of piperazine rings is 1. The van der Waals surface area contributed by atoms with Gasteiger partial charge in [-0.15, -0.1) is 0 Å². The molecule has 114 valence electrons. The molecule has 0 N–H and O–H groups in total. The van der Waals surface area contributed by atoms with Crippen molar-refractivity contribution in [3.8, 4) is 0 Å². The zero-order chi connectivity index (χ0) is 15.1. The molecule has 0 bridgehead atoms. The van der Waals surface area contributed by atoms with Crippen LogP contribution in [0.3, 0.4) is 0 Å². The molecule has 0 aliphatic carbocycles. The zero-order valence-corrected chi connectivity index (χ0v) is 12.3. The van der Waals surface area contributed by atoms with E-state index in [-0.39, 0.29) is 11.8 Å². The van der Waals surface area contributed by atoms with E-state index in [0.717, 1.165) is 38.4 Å². The Morgan fingerprint density at radius 3 is 2.52 bits per heavy atom. The van der Waals surface area contributed by atoms with Crippen LogP contribution in [0.15, 0.2) is 36.4 Å². The van der Waals surface area contributed by atoms with E-state index < -0.39 is 0 Å². The van der Waals surface area contributed by atoms with Crippen molar-refractivity contribution >= 4 is 11.7 Å². The van der Waals surface area contributed by atoms with Gasteiger partial charge in [0.05, 0.1) is 6.61 Å². The first-order valence-electron chi connectivity index (χ1n) is 7.25. The van der Waals surface area contributed by atoms with Gasteiger partial charge in [0.1, 0.15) is 5.82 Å². The first-order valence-corrected chi connectivity index (χ1v) is 7.25. The fourth-order valence-corrected chi connectivity index (χ4v) is 2.33. The molecule has 1 aromatic rings. The summed E-state index contributed by atoms with van der Waals surface area (Å²) >= 11 is 0. The monoisotopic (exact) mass is 292 g/mol. The highest BCUT2D eigenvalue weighted by atomic mass is 19.1. The van der Waals surface area contributed by atoms with Gasteiger partial charge in [-0.2, -0.15) is 0 Å². The Hall–Kier alpha value is -1.88. The molecule has 2 rings (SSSR count). The van der Waals surface area contributed by atoms with Crippen molar-refractivity contribution in [3.63, 3.8) is 0 Å². The Morgan fingerprint density at radius 2 is 1.90 bits per heavy atom. The second-order valence-corrected chi connectivity index (χ2v) is 4.92. The van der Waals surface area contributed by atoms with E-state index in [1.165, 1.54) is 18.2 Å². The summed E-state index contributed by atoms with van der Waals surface area (Å²) in [6, 6.07) is 6.60. The van der Waals surface area contributed by atoms with Crippen LogP contribution in [0, 0.1) is 5.82 Å². The van der Waals surface area contributed by atoms with Crippen molar-refractivity contribution in [3.05, 3.63) is 42.2 Å². The molecule has 0 saturated carbocycles. The van der Waals surface area contributed by atoms with E-state index in [2.05, 4.69) is 9.80 Å². The minimum atomic E-state index is -0.289. The van der Waals surface area contributed by atoms with E-state index in [9.17, 15) is 9.18 Å². The van der Waals surface area contributed by atoms with Crippen LogP contribution in [0.5, 0.6) is 0 Å². The third-order valence-electron chi connectivity index (χ3n) is 3.47. The van der Waals surface area contributed by atoms with Crippen LogP contribution < -0.4 is 4.90 Å². The lowest BCUT2D eigenvalue weighted by molar-refractivity contribution is -0.137. The van der Waals surface area contributed by atoms with Crippen LogP contribution in [0.25, 0.3) is 0 Å². The molecule has 0 amide bonds. The zero-order valence-electron chi connectivity index (χ0n) is 12.3. The highest BCUT2D eigenvalue weighted by Gasteiger charge is 2.16. The third kappa shape index (κ3) is 4.86. The van der Waals surface area contributed by atoms with Crippen LogP contribution in [0.2, 0.25) is 0 Å². The standard InChI is InChI=1S/C16H21FN2O2/c1-2-21-16(20)4-3-9-18-10-12-19(13-11-18)15-7-5-14(17)6-8-15/h3-8H,2,9-13H2,1H3/b4-3+. The van der Waals surface area contributed by atoms with Gasteiger partial charge in [-0.1, -0.05) is 6.08 Å². The molecule has 21 heavy (non-hydrogen) atoms. The number of carbonyl (C=O) groups excluding carboxylic acids is 1. The molecule has 1 aliphatic heterocycles. The topological polar surface area (TPSA) is 32.8 Å². The largest absolute Gasteiger partial charge is 0.463 e. The summed E-state index contributed by atoms with van der Waals surface area (Å²) in [5.41, 5.74) is 1.05. The molecule has 1 saturated heterocycles. The number of rotatable bonds is 5. The second kappa shape index (κ2) is 7.78. The van der Waals surface area contributed by atoms with E-state index >= 15 is 0 Å². The Bertz CT molecular complexity index is 480. The molecule has 0 atom stereocenters. The lowest BCUT2D eigenvalue weighted by Gasteiger charge is -2.35. The van der Waals surface area contributed by atoms with Crippen LogP contribution in [-0.2, 0) is 9.53 Å². The summed E-state index contributed by atoms with van der Waals surface area (Å²) in [5, 5.41) is 0. The summed E-state index contributed by atoms with van der Waals surface area (Å²) in [4.78, 5) is 15.7. The predicted molar refractivity (Wildman–Crippen MR) is 80.8 cm³/mol. The van der Waals surface area contributed by atoms with Gasteiger partial charge in [-0.3, -0.25) is 4.90 Å². The van der Waals surface area contributed by atoms with E-state index in [0.29, 0.717) is 6.61 Å². The quantitative estimate of drug-likeness (QED) is 0.614. The Labute approximate surface area is 124 Å². The highest BCUT2D eigenvalue weighted by molar-refractivity contribution is 5.81. The maximum Gasteiger partial charge on any atom is 0.330 e. The predicted octanol–water partition coefficient (Wildman–Crippen LogP) is 2.07. The van der Waals surface area contributed by atoms with Gasteiger partial charge < -0.3 is 9.64 Å². The van der Waals surface area contributed by atoms with Crippen LogP contribution >= 0.6 is 0 Å². The lowest BCUT2D eigenvalue weighted by atomic mass is 10.2. The SMILES string of the molecule is CCOC(=O)/C=C/CN1CCN(c2ccc(F)cc2)CC1. The molecule has 0 radical (unpaired) electrons. The number of hydrogen-bond donors (Lipinski definition) is 0. The van der Waals surface area contributed by atoms with Crippen molar-refractivity contribution < 1.29 is 13.9 Å². The van der Waals surface area contributed by atoms with Crippen molar-refractivity contribution in [1.82, 2.24) is 4.90 Å². The summed E-state index contributed by atoms with van der Waals surface area (Å²) in [6.07, 6.45) is 3.32. The van der Waals surface area contributed by atoms with E-state index in [1.54, 1.807) is 6.92 Å². The fourth-order valence-electron chi connectivity index (χ4n) is 2.33. The molecule has 1 aromatic carbocycles. The lowest BCUT2D eigenvalue weighted by Crippen LogP contribution is -2.46. The third-order valence-corrected chi connectivity index (χ3v) is 3.47. The van der Waals surface area contributed by atoms with Crippen LogP contribution in [0.4, 0.5) is 10.1 Å². The minimum absolute atomic E-state index is 0.207. The van der Waals surface area contributed by atoms with Crippen molar-refractivity contribution in [2.75, 3.05) is 44.2 Å². The molecule has 1 aliphatic rings. The minimum Gasteiger partial charge on any atom is -0.463 e. The van der Waals surface area contributed by atoms with Gasteiger partial charge in [-0.25, -0.2) is 9.18 Å². The van der Waals surface area contributed by atoms with Gasteiger partial charge in [0.2, 0.25) is 0 Å². The first kappa shape index (κ1) is 15.5. The van der Waals surface area contributed by atoms with Crippen LogP contribution in [0.1, 0.15) is 6.92 Å². The molecular formula is C16H21FN2O2. The summed E-state index contributed by atoms with van der Waals surface area (Å²) in [7, 11) is 0. The Morgan fingerprint density at radius 1 is 1.24 bits per heavy atom. The van der Waals surface area contributed by atoms with Crippen molar-refractivity contribution in [1.29, 1.82) is 0 Å². The smallest absolute Gasteiger partial charge is 0.330 e. The normalized spacial score (nSPS) is 16.4. The van der Waals surface area contributed by atoms with Crippen LogP contribution in [-0.4, -0.2) is 50.2 Å². The van der Waals surface area contributed by atoms with Gasteiger partial charge in [-0.05, 0) is 31.2 Å². The summed E-state index contributed by atoms with van der Waals surface area (Å²) in [6.45, 7) is 6.59. The van der Waals surface area contributed by atoms with Gasteiger partial charge >= 0.3 is 5.97 Å². The highest BCUT2D eigenvalue weighted by Crippen LogP contribution is 2.16. The second-order valence-electron chi connectivity index (χ2n) is 4.92. The van der Waals surface area contributed by atoms with Crippen molar-refractivity contribution in [2.45, 2.75) is 6.92 Å². The summed E-state index contributed by atoms with van der Waals surface area (Å²) < 4.78 is 17.7. The van der Waals surface area contributed by atoms with E-state index in [1.807, 2.05) is 18.2 Å². The number of ether oxygens (including phenoxy) is 1. The molecule has 1 fully saturated rings. The molecule has 0 aromatic heterocycles. The van der Waals surface area contributed by atoms with Gasteiger partial charge in [0.25, 0.3) is 0 Å².